The van der Waals surface area contributed by atoms with Crippen molar-refractivity contribution in [2.75, 3.05) is 0 Å². The van der Waals surface area contributed by atoms with Crippen molar-refractivity contribution >= 4 is 76.2 Å². The molecule has 0 saturated carbocycles. The number of rotatable bonds is 3. The Labute approximate surface area is 285 Å². The maximum absolute atomic E-state index is 6.28. The molecular formula is C45H25N3O2. The molecule has 3 aromatic heterocycles. The largest absolute Gasteiger partial charge is 0.456 e. The molecule has 0 aliphatic rings. The molecule has 0 radical (unpaired) electrons. The van der Waals surface area contributed by atoms with Crippen LogP contribution in [-0.2, 0) is 0 Å². The SMILES string of the molecule is c1ccc2c(c1)cc(-c1nc(-c3ccc4cc5oc6ccccc6c5cc4c3)nc(-c3cccc4oc5ccccc5c34)n1)c1ccccc12. The summed E-state index contributed by atoms with van der Waals surface area (Å²) in [5.41, 5.74) is 6.15. The van der Waals surface area contributed by atoms with Crippen molar-refractivity contribution in [3.63, 3.8) is 0 Å². The fourth-order valence-electron chi connectivity index (χ4n) is 7.55. The van der Waals surface area contributed by atoms with Crippen molar-refractivity contribution in [3.05, 3.63) is 152 Å². The molecule has 0 saturated heterocycles. The summed E-state index contributed by atoms with van der Waals surface area (Å²) in [6.45, 7) is 0. The first kappa shape index (κ1) is 27.1. The van der Waals surface area contributed by atoms with Gasteiger partial charge in [-0.15, -0.1) is 0 Å². The van der Waals surface area contributed by atoms with Gasteiger partial charge in [0.15, 0.2) is 17.5 Å². The molecule has 0 aliphatic heterocycles. The van der Waals surface area contributed by atoms with Crippen LogP contribution in [0.4, 0.5) is 0 Å². The highest BCUT2D eigenvalue weighted by molar-refractivity contribution is 6.14. The van der Waals surface area contributed by atoms with Crippen LogP contribution in [0, 0.1) is 0 Å². The van der Waals surface area contributed by atoms with Crippen LogP contribution in [0.3, 0.4) is 0 Å². The normalized spacial score (nSPS) is 12.0. The Balaban J connectivity index is 1.20. The second-order valence-electron chi connectivity index (χ2n) is 12.8. The van der Waals surface area contributed by atoms with E-state index in [9.17, 15) is 0 Å². The van der Waals surface area contributed by atoms with Crippen LogP contribution in [0.1, 0.15) is 0 Å². The maximum atomic E-state index is 6.28. The van der Waals surface area contributed by atoms with Crippen molar-refractivity contribution in [1.29, 1.82) is 0 Å². The van der Waals surface area contributed by atoms with Gasteiger partial charge in [0.2, 0.25) is 0 Å². The molecule has 11 aromatic rings. The van der Waals surface area contributed by atoms with Crippen molar-refractivity contribution in [2.45, 2.75) is 0 Å². The van der Waals surface area contributed by atoms with Gasteiger partial charge in [0.05, 0.1) is 0 Å². The summed E-state index contributed by atoms with van der Waals surface area (Å²) >= 11 is 0. The molecule has 0 fully saturated rings. The average Bonchev–Trinajstić information content (AvgIpc) is 3.74. The highest BCUT2D eigenvalue weighted by Crippen LogP contribution is 2.39. The number of aromatic nitrogens is 3. The zero-order valence-electron chi connectivity index (χ0n) is 26.6. The molecule has 0 bridgehead atoms. The second kappa shape index (κ2) is 10.3. The standard InChI is InChI=1S/C45H25N3O2/c1-2-11-30-27(10-1)23-37(32-13-4-3-12-31(30)32)45-47-43(46-44(48-45)35-16-9-19-40-42(35)34-15-6-8-18-39(34)49-40)28-21-20-26-25-41-36(24-29(26)22-28)33-14-5-7-17-38(33)50-41/h1-25H. The van der Waals surface area contributed by atoms with Crippen LogP contribution in [0.5, 0.6) is 0 Å². The van der Waals surface area contributed by atoms with E-state index < -0.39 is 0 Å². The van der Waals surface area contributed by atoms with Gasteiger partial charge in [-0.25, -0.2) is 15.0 Å². The molecule has 0 amide bonds. The van der Waals surface area contributed by atoms with Crippen LogP contribution in [0.2, 0.25) is 0 Å². The third-order valence-corrected chi connectivity index (χ3v) is 9.88. The Morgan fingerprint density at radius 1 is 0.320 bits per heavy atom. The fraction of sp³-hybridized carbons (Fsp3) is 0. The van der Waals surface area contributed by atoms with E-state index in [1.54, 1.807) is 0 Å². The van der Waals surface area contributed by atoms with E-state index >= 15 is 0 Å². The van der Waals surface area contributed by atoms with Gasteiger partial charge in [0, 0.05) is 38.2 Å². The van der Waals surface area contributed by atoms with E-state index in [0.717, 1.165) is 87.5 Å². The summed E-state index contributed by atoms with van der Waals surface area (Å²) in [5.74, 6) is 1.81. The Bertz CT molecular complexity index is 3170. The van der Waals surface area contributed by atoms with Crippen LogP contribution < -0.4 is 0 Å². The third kappa shape index (κ3) is 4.04. The number of hydrogen-bond acceptors (Lipinski definition) is 5. The zero-order valence-corrected chi connectivity index (χ0v) is 26.6. The predicted octanol–water partition coefficient (Wildman–Crippen LogP) is 12.1. The molecule has 0 spiro atoms. The van der Waals surface area contributed by atoms with Gasteiger partial charge in [-0.1, -0.05) is 109 Å². The minimum atomic E-state index is 0.593. The monoisotopic (exact) mass is 639 g/mol. The number of benzene rings is 8. The van der Waals surface area contributed by atoms with E-state index in [-0.39, 0.29) is 0 Å². The van der Waals surface area contributed by atoms with Gasteiger partial charge >= 0.3 is 0 Å². The number of para-hydroxylation sites is 2. The molecule has 50 heavy (non-hydrogen) atoms. The highest BCUT2D eigenvalue weighted by Gasteiger charge is 2.20. The van der Waals surface area contributed by atoms with Crippen LogP contribution in [-0.4, -0.2) is 15.0 Å². The van der Waals surface area contributed by atoms with Crippen molar-refractivity contribution < 1.29 is 8.83 Å². The van der Waals surface area contributed by atoms with Gasteiger partial charge in [0.25, 0.3) is 0 Å². The Morgan fingerprint density at radius 3 is 1.82 bits per heavy atom. The lowest BCUT2D eigenvalue weighted by Gasteiger charge is -2.13. The van der Waals surface area contributed by atoms with Gasteiger partial charge in [-0.2, -0.15) is 0 Å². The minimum Gasteiger partial charge on any atom is -0.456 e. The number of nitrogens with zero attached hydrogens (tertiary/aromatic N) is 3. The van der Waals surface area contributed by atoms with Crippen LogP contribution in [0.25, 0.3) is 110 Å². The Hall–Kier alpha value is -6.85. The molecule has 5 heteroatoms. The summed E-state index contributed by atoms with van der Waals surface area (Å²) in [5, 5.41) is 11.0. The molecule has 0 atom stereocenters. The zero-order chi connectivity index (χ0) is 32.8. The molecule has 3 heterocycles. The van der Waals surface area contributed by atoms with E-state index in [1.807, 2.05) is 48.5 Å². The minimum absolute atomic E-state index is 0.593. The van der Waals surface area contributed by atoms with E-state index in [1.165, 1.54) is 5.39 Å². The highest BCUT2D eigenvalue weighted by atomic mass is 16.3. The second-order valence-corrected chi connectivity index (χ2v) is 12.8. The maximum Gasteiger partial charge on any atom is 0.164 e. The van der Waals surface area contributed by atoms with Crippen molar-refractivity contribution in [2.24, 2.45) is 0 Å². The molecule has 0 unspecified atom stereocenters. The van der Waals surface area contributed by atoms with E-state index in [0.29, 0.717) is 17.5 Å². The summed E-state index contributed by atoms with van der Waals surface area (Å²) in [6.07, 6.45) is 0. The first-order valence-corrected chi connectivity index (χ1v) is 16.7. The predicted molar refractivity (Wildman–Crippen MR) is 203 cm³/mol. The lowest BCUT2D eigenvalue weighted by Crippen LogP contribution is -2.01. The smallest absolute Gasteiger partial charge is 0.164 e. The fourth-order valence-corrected chi connectivity index (χ4v) is 7.55. The number of furan rings is 2. The quantitative estimate of drug-likeness (QED) is 0.180. The first-order valence-electron chi connectivity index (χ1n) is 16.7. The first-order chi connectivity index (χ1) is 24.7. The summed E-state index contributed by atoms with van der Waals surface area (Å²) in [6, 6.07) is 52.3. The van der Waals surface area contributed by atoms with Gasteiger partial charge in [-0.05, 0) is 74.8 Å². The van der Waals surface area contributed by atoms with Gasteiger partial charge in [0.1, 0.15) is 22.3 Å². The lowest BCUT2D eigenvalue weighted by atomic mass is 9.96. The Morgan fingerprint density at radius 2 is 0.960 bits per heavy atom. The number of fused-ring (bicyclic) bond motifs is 10. The van der Waals surface area contributed by atoms with Crippen molar-refractivity contribution in [3.8, 4) is 34.2 Å². The van der Waals surface area contributed by atoms with Gasteiger partial charge in [-0.3, -0.25) is 0 Å². The third-order valence-electron chi connectivity index (χ3n) is 9.88. The molecule has 11 rings (SSSR count). The van der Waals surface area contributed by atoms with Gasteiger partial charge < -0.3 is 8.83 Å². The Kier molecular flexibility index (Phi) is 5.60. The topological polar surface area (TPSA) is 65.0 Å². The average molecular weight is 640 g/mol. The van der Waals surface area contributed by atoms with Crippen LogP contribution >= 0.6 is 0 Å². The lowest BCUT2D eigenvalue weighted by molar-refractivity contribution is 0.669. The summed E-state index contributed by atoms with van der Waals surface area (Å²) in [7, 11) is 0. The van der Waals surface area contributed by atoms with E-state index in [4.69, 9.17) is 23.8 Å². The molecular weight excluding hydrogens is 615 g/mol. The molecule has 0 N–H and O–H groups in total. The number of hydrogen-bond donors (Lipinski definition) is 0. The molecule has 8 aromatic carbocycles. The molecule has 0 aliphatic carbocycles. The summed E-state index contributed by atoms with van der Waals surface area (Å²) in [4.78, 5) is 15.7. The van der Waals surface area contributed by atoms with Crippen LogP contribution in [0.15, 0.2) is 160 Å². The van der Waals surface area contributed by atoms with E-state index in [2.05, 4.69) is 103 Å². The molecule has 5 nitrogen and oxygen atoms in total. The molecule has 232 valence electrons. The van der Waals surface area contributed by atoms with Crippen molar-refractivity contribution in [1.82, 2.24) is 15.0 Å². The summed E-state index contributed by atoms with van der Waals surface area (Å²) < 4.78 is 12.5.